The Hall–Kier alpha value is -0.860. The van der Waals surface area contributed by atoms with Gasteiger partial charge in [0.1, 0.15) is 0 Å². The van der Waals surface area contributed by atoms with Crippen molar-refractivity contribution >= 4 is 27.9 Å². The largest absolute Gasteiger partial charge is 0.394 e. The molecule has 0 aliphatic carbocycles. The van der Waals surface area contributed by atoms with E-state index >= 15 is 0 Å². The molecule has 1 fully saturated rings. The predicted octanol–water partition coefficient (Wildman–Crippen LogP) is 1.85. The molecule has 1 saturated heterocycles. The standard InChI is InChI=1S/C16H23NO4S2/c18-9-10-21-16(7-11-22-12-8-16)14-17-23(19,20)13-6-15-4-2-1-3-5-15/h1-6,13,17-18H,7-12,14H2. The molecular weight excluding hydrogens is 334 g/mol. The molecule has 1 aromatic carbocycles. The zero-order chi connectivity index (χ0) is 16.6. The van der Waals surface area contributed by atoms with Gasteiger partial charge in [-0.05, 0) is 36.0 Å². The Bertz CT molecular complexity index is 596. The quantitative estimate of drug-likeness (QED) is 0.743. The SMILES string of the molecule is O=S(=O)(C=Cc1ccccc1)NCC1(OCCO)CCSCC1. The molecule has 1 aliphatic heterocycles. The fourth-order valence-electron chi connectivity index (χ4n) is 2.39. The second kappa shape index (κ2) is 8.84. The minimum atomic E-state index is -3.52. The molecule has 1 heterocycles. The van der Waals surface area contributed by atoms with Crippen LogP contribution in [0.15, 0.2) is 35.7 Å². The molecular formula is C16H23NO4S2. The maximum absolute atomic E-state index is 12.2. The third-order valence-electron chi connectivity index (χ3n) is 3.74. The van der Waals surface area contributed by atoms with Gasteiger partial charge in [0.2, 0.25) is 10.0 Å². The van der Waals surface area contributed by atoms with Gasteiger partial charge in [0.05, 0.1) is 18.8 Å². The topological polar surface area (TPSA) is 75.6 Å². The van der Waals surface area contributed by atoms with Crippen LogP contribution >= 0.6 is 11.8 Å². The normalized spacial score (nSPS) is 18.3. The van der Waals surface area contributed by atoms with Gasteiger partial charge < -0.3 is 9.84 Å². The van der Waals surface area contributed by atoms with Crippen LogP contribution in [0, 0.1) is 0 Å². The molecule has 2 rings (SSSR count). The summed E-state index contributed by atoms with van der Waals surface area (Å²) in [5, 5.41) is 10.1. The van der Waals surface area contributed by atoms with Gasteiger partial charge in [0.25, 0.3) is 0 Å². The maximum atomic E-state index is 12.2. The summed E-state index contributed by atoms with van der Waals surface area (Å²) in [5.74, 6) is 1.88. The number of aliphatic hydroxyl groups is 1. The Labute approximate surface area is 142 Å². The van der Waals surface area contributed by atoms with Gasteiger partial charge in [0.15, 0.2) is 0 Å². The Balaban J connectivity index is 1.97. The fourth-order valence-corrected chi connectivity index (χ4v) is 4.52. The summed E-state index contributed by atoms with van der Waals surface area (Å²) in [6, 6.07) is 9.29. The highest BCUT2D eigenvalue weighted by Crippen LogP contribution is 2.30. The monoisotopic (exact) mass is 357 g/mol. The van der Waals surface area contributed by atoms with Crippen LogP contribution in [-0.4, -0.2) is 50.4 Å². The third-order valence-corrected chi connectivity index (χ3v) is 5.76. The highest BCUT2D eigenvalue weighted by atomic mass is 32.2. The second-order valence-corrected chi connectivity index (χ2v) is 8.32. The lowest BCUT2D eigenvalue weighted by molar-refractivity contribution is -0.0590. The molecule has 23 heavy (non-hydrogen) atoms. The molecule has 0 spiro atoms. The third kappa shape index (κ3) is 6.27. The number of ether oxygens (including phenoxy) is 1. The number of hydrogen-bond acceptors (Lipinski definition) is 5. The molecule has 128 valence electrons. The molecule has 0 atom stereocenters. The van der Waals surface area contributed by atoms with Gasteiger partial charge in [0, 0.05) is 12.0 Å². The van der Waals surface area contributed by atoms with E-state index in [4.69, 9.17) is 9.84 Å². The summed E-state index contributed by atoms with van der Waals surface area (Å²) in [4.78, 5) is 0. The number of nitrogens with one attached hydrogen (secondary N) is 1. The van der Waals surface area contributed by atoms with E-state index in [1.807, 2.05) is 42.1 Å². The van der Waals surface area contributed by atoms with Crippen LogP contribution in [-0.2, 0) is 14.8 Å². The second-order valence-electron chi connectivity index (χ2n) is 5.45. The van der Waals surface area contributed by atoms with Gasteiger partial charge in [-0.15, -0.1) is 0 Å². The number of aliphatic hydroxyl groups excluding tert-OH is 1. The van der Waals surface area contributed by atoms with Crippen molar-refractivity contribution < 1.29 is 18.3 Å². The van der Waals surface area contributed by atoms with Crippen molar-refractivity contribution in [1.82, 2.24) is 4.72 Å². The average molecular weight is 357 g/mol. The molecule has 0 amide bonds. The molecule has 0 bridgehead atoms. The molecule has 0 unspecified atom stereocenters. The van der Waals surface area contributed by atoms with Crippen LogP contribution in [0.5, 0.6) is 0 Å². The highest BCUT2D eigenvalue weighted by molar-refractivity contribution is 7.99. The van der Waals surface area contributed by atoms with E-state index < -0.39 is 15.6 Å². The molecule has 7 heteroatoms. The molecule has 0 saturated carbocycles. The van der Waals surface area contributed by atoms with E-state index in [1.54, 1.807) is 6.08 Å². The molecule has 1 aliphatic rings. The zero-order valence-electron chi connectivity index (χ0n) is 13.0. The average Bonchev–Trinajstić information content (AvgIpc) is 2.59. The number of rotatable bonds is 8. The molecule has 2 N–H and O–H groups in total. The van der Waals surface area contributed by atoms with E-state index in [0.717, 1.165) is 29.9 Å². The van der Waals surface area contributed by atoms with Crippen molar-refractivity contribution in [1.29, 1.82) is 0 Å². The lowest BCUT2D eigenvalue weighted by Gasteiger charge is -2.36. The van der Waals surface area contributed by atoms with Crippen LogP contribution in [0.4, 0.5) is 0 Å². The van der Waals surface area contributed by atoms with Crippen molar-refractivity contribution in [3.63, 3.8) is 0 Å². The molecule has 0 aromatic heterocycles. The van der Waals surface area contributed by atoms with Crippen molar-refractivity contribution in [2.45, 2.75) is 18.4 Å². The van der Waals surface area contributed by atoms with Gasteiger partial charge in [-0.1, -0.05) is 30.3 Å². The number of hydrogen-bond donors (Lipinski definition) is 2. The summed E-state index contributed by atoms with van der Waals surface area (Å²) in [7, 11) is -3.52. The van der Waals surface area contributed by atoms with Crippen LogP contribution in [0.3, 0.4) is 0 Å². The van der Waals surface area contributed by atoms with Crippen molar-refractivity contribution in [2.24, 2.45) is 0 Å². The summed E-state index contributed by atoms with van der Waals surface area (Å²) in [5.41, 5.74) is 0.319. The first-order valence-electron chi connectivity index (χ1n) is 7.61. The van der Waals surface area contributed by atoms with E-state index in [0.29, 0.717) is 0 Å². The Morgan fingerprint density at radius 2 is 1.96 bits per heavy atom. The number of benzene rings is 1. The lowest BCUT2D eigenvalue weighted by atomic mass is 9.97. The van der Waals surface area contributed by atoms with E-state index in [-0.39, 0.29) is 19.8 Å². The Morgan fingerprint density at radius 1 is 1.26 bits per heavy atom. The Kier molecular flexibility index (Phi) is 7.10. The summed E-state index contributed by atoms with van der Waals surface area (Å²) >= 11 is 1.84. The smallest absolute Gasteiger partial charge is 0.233 e. The van der Waals surface area contributed by atoms with Crippen LogP contribution < -0.4 is 4.72 Å². The summed E-state index contributed by atoms with van der Waals surface area (Å²) in [6.45, 7) is 0.400. The summed E-state index contributed by atoms with van der Waals surface area (Å²) in [6.07, 6.45) is 3.13. The molecule has 5 nitrogen and oxygen atoms in total. The van der Waals surface area contributed by atoms with Crippen LogP contribution in [0.25, 0.3) is 6.08 Å². The van der Waals surface area contributed by atoms with Crippen molar-refractivity contribution in [2.75, 3.05) is 31.3 Å². The van der Waals surface area contributed by atoms with Gasteiger partial charge in [-0.3, -0.25) is 0 Å². The highest BCUT2D eigenvalue weighted by Gasteiger charge is 2.34. The predicted molar refractivity (Wildman–Crippen MR) is 94.7 cm³/mol. The van der Waals surface area contributed by atoms with Crippen LogP contribution in [0.1, 0.15) is 18.4 Å². The number of thioether (sulfide) groups is 1. The summed E-state index contributed by atoms with van der Waals surface area (Å²) < 4.78 is 32.7. The molecule has 0 radical (unpaired) electrons. The van der Waals surface area contributed by atoms with E-state index in [9.17, 15) is 8.42 Å². The van der Waals surface area contributed by atoms with Gasteiger partial charge in [-0.2, -0.15) is 11.8 Å². The van der Waals surface area contributed by atoms with Crippen molar-refractivity contribution in [3.05, 3.63) is 41.3 Å². The minimum Gasteiger partial charge on any atom is -0.394 e. The minimum absolute atomic E-state index is 0.0600. The Morgan fingerprint density at radius 3 is 2.61 bits per heavy atom. The molecule has 1 aromatic rings. The van der Waals surface area contributed by atoms with E-state index in [2.05, 4.69) is 4.72 Å². The zero-order valence-corrected chi connectivity index (χ0v) is 14.6. The number of sulfonamides is 1. The van der Waals surface area contributed by atoms with Gasteiger partial charge in [-0.25, -0.2) is 13.1 Å². The van der Waals surface area contributed by atoms with Gasteiger partial charge >= 0.3 is 0 Å². The first kappa shape index (κ1) is 18.5. The van der Waals surface area contributed by atoms with Crippen molar-refractivity contribution in [3.8, 4) is 0 Å². The first-order chi connectivity index (χ1) is 11.1. The maximum Gasteiger partial charge on any atom is 0.233 e. The van der Waals surface area contributed by atoms with Crippen LogP contribution in [0.2, 0.25) is 0 Å². The van der Waals surface area contributed by atoms with E-state index in [1.165, 1.54) is 5.41 Å². The fraction of sp³-hybridized carbons (Fsp3) is 0.500. The lowest BCUT2D eigenvalue weighted by Crippen LogP contribution is -2.47. The first-order valence-corrected chi connectivity index (χ1v) is 10.3.